The molecule has 0 bridgehead atoms. The lowest BCUT2D eigenvalue weighted by Gasteiger charge is -2.36. The molecule has 42 heavy (non-hydrogen) atoms. The summed E-state index contributed by atoms with van der Waals surface area (Å²) in [6.07, 6.45) is 3.25. The van der Waals surface area contributed by atoms with Gasteiger partial charge in [-0.15, -0.1) is 0 Å². The number of nitrogens with zero attached hydrogens (tertiary/aromatic N) is 7. The van der Waals surface area contributed by atoms with Gasteiger partial charge in [-0.2, -0.15) is 0 Å². The minimum absolute atomic E-state index is 0.120. The average molecular weight is 574 g/mol. The molecule has 1 aliphatic rings. The number of piperazine rings is 1. The third-order valence-electron chi connectivity index (χ3n) is 7.17. The number of hydrogen-bond acceptors (Lipinski definition) is 9. The molecule has 0 aromatic carbocycles. The van der Waals surface area contributed by atoms with Gasteiger partial charge in [-0.3, -0.25) is 4.79 Å². The number of nitrogens with one attached hydrogen (secondary N) is 2. The Kier molecular flexibility index (Phi) is 7.89. The zero-order chi connectivity index (χ0) is 30.2. The Balaban J connectivity index is 1.37. The van der Waals surface area contributed by atoms with Crippen molar-refractivity contribution >= 4 is 28.9 Å². The number of ether oxygens (including phenoxy) is 1. The average Bonchev–Trinajstić information content (AvgIpc) is 3.36. The van der Waals surface area contributed by atoms with Crippen molar-refractivity contribution in [3.63, 3.8) is 0 Å². The molecule has 0 aliphatic carbocycles. The van der Waals surface area contributed by atoms with E-state index in [2.05, 4.69) is 34.0 Å². The maximum Gasteiger partial charge on any atom is 0.410 e. The van der Waals surface area contributed by atoms with E-state index in [9.17, 15) is 9.59 Å². The number of carbonyl (C=O) groups excluding carboxylic acids is 1. The van der Waals surface area contributed by atoms with E-state index in [0.717, 1.165) is 22.6 Å². The van der Waals surface area contributed by atoms with Gasteiger partial charge in [0.1, 0.15) is 16.9 Å². The van der Waals surface area contributed by atoms with Crippen molar-refractivity contribution in [3.8, 4) is 11.4 Å². The predicted molar refractivity (Wildman–Crippen MR) is 163 cm³/mol. The van der Waals surface area contributed by atoms with Crippen LogP contribution >= 0.6 is 0 Å². The summed E-state index contributed by atoms with van der Waals surface area (Å²) in [7, 11) is 0. The number of aromatic nitrogens is 6. The van der Waals surface area contributed by atoms with Gasteiger partial charge in [0.05, 0.1) is 6.33 Å². The summed E-state index contributed by atoms with van der Waals surface area (Å²) in [4.78, 5) is 50.8. The van der Waals surface area contributed by atoms with Crippen LogP contribution in [0.25, 0.3) is 22.6 Å². The molecule has 0 saturated carbocycles. The van der Waals surface area contributed by atoms with Crippen LogP contribution in [0.15, 0.2) is 35.5 Å². The van der Waals surface area contributed by atoms with Crippen LogP contribution in [0.3, 0.4) is 0 Å². The molecule has 222 valence electrons. The van der Waals surface area contributed by atoms with Crippen molar-refractivity contribution in [2.75, 3.05) is 36.4 Å². The van der Waals surface area contributed by atoms with Gasteiger partial charge in [-0.1, -0.05) is 0 Å². The van der Waals surface area contributed by atoms with Crippen molar-refractivity contribution in [2.24, 2.45) is 0 Å². The van der Waals surface area contributed by atoms with E-state index in [0.29, 0.717) is 61.1 Å². The van der Waals surface area contributed by atoms with Crippen LogP contribution in [0, 0.1) is 13.8 Å². The summed E-state index contributed by atoms with van der Waals surface area (Å²) >= 11 is 0. The summed E-state index contributed by atoms with van der Waals surface area (Å²) in [5, 5.41) is 3.34. The number of imidazole rings is 1. The lowest BCUT2D eigenvalue weighted by molar-refractivity contribution is 0.0240. The fraction of sp³-hybridized carbons (Fsp3) is 0.467. The third-order valence-corrected chi connectivity index (χ3v) is 7.17. The van der Waals surface area contributed by atoms with Crippen LogP contribution in [0.2, 0.25) is 0 Å². The van der Waals surface area contributed by atoms with Crippen LogP contribution in [-0.4, -0.2) is 72.3 Å². The molecule has 0 radical (unpaired) electrons. The third kappa shape index (κ3) is 6.22. The van der Waals surface area contributed by atoms with Crippen molar-refractivity contribution in [3.05, 3.63) is 57.9 Å². The summed E-state index contributed by atoms with van der Waals surface area (Å²) in [5.74, 6) is 1.88. The first kappa shape index (κ1) is 29.0. The number of amides is 1. The fourth-order valence-electron chi connectivity index (χ4n) is 4.97. The minimum atomic E-state index is -0.518. The zero-order valence-electron chi connectivity index (χ0n) is 25.4. The van der Waals surface area contributed by atoms with Crippen molar-refractivity contribution in [1.82, 2.24) is 34.4 Å². The second kappa shape index (κ2) is 11.4. The normalized spacial score (nSPS) is 14.1. The van der Waals surface area contributed by atoms with Crippen LogP contribution in [0.4, 0.5) is 16.4 Å². The lowest BCUT2D eigenvalue weighted by Crippen LogP contribution is -2.50. The van der Waals surface area contributed by atoms with E-state index in [1.165, 1.54) is 0 Å². The van der Waals surface area contributed by atoms with Gasteiger partial charge in [-0.05, 0) is 72.2 Å². The number of hydrogen-bond donors (Lipinski definition) is 2. The van der Waals surface area contributed by atoms with E-state index >= 15 is 0 Å². The number of carbonyl (C=O) groups is 1. The monoisotopic (exact) mass is 573 g/mol. The SMILES string of the molecule is Cc1cc(C)c(CNc2nc(-c3ccc(N4CCN(C(=O)OC(C)(C)C)CC4)nc3)nc3c2ncn3C(C)C)c(=O)[nH]1. The molecule has 0 atom stereocenters. The number of rotatable bonds is 6. The molecule has 1 saturated heterocycles. The number of aromatic amines is 1. The van der Waals surface area contributed by atoms with Gasteiger partial charge in [0.15, 0.2) is 17.3 Å². The molecule has 4 aromatic rings. The molecule has 12 heteroatoms. The van der Waals surface area contributed by atoms with Crippen LogP contribution in [0.5, 0.6) is 0 Å². The standard InChI is InChI=1S/C30H39N9O3/c1-18(2)39-17-33-24-26(32-16-22-19(3)14-20(4)34-28(22)40)35-25(36-27(24)39)21-8-9-23(31-15-21)37-10-12-38(13-11-37)29(41)42-30(5,6)7/h8-9,14-15,17-18H,10-13,16H2,1-7H3,(H,34,40)(H,32,35,36). The molecule has 0 unspecified atom stereocenters. The minimum Gasteiger partial charge on any atom is -0.444 e. The smallest absolute Gasteiger partial charge is 0.410 e. The Morgan fingerprint density at radius 1 is 1.10 bits per heavy atom. The summed E-state index contributed by atoms with van der Waals surface area (Å²) in [6, 6.07) is 6.01. The quantitative estimate of drug-likeness (QED) is 0.343. The van der Waals surface area contributed by atoms with Gasteiger partial charge < -0.3 is 29.4 Å². The highest BCUT2D eigenvalue weighted by Crippen LogP contribution is 2.27. The van der Waals surface area contributed by atoms with Crippen molar-refractivity contribution in [2.45, 2.75) is 66.7 Å². The topological polar surface area (TPSA) is 134 Å². The van der Waals surface area contributed by atoms with Crippen LogP contribution < -0.4 is 15.8 Å². The maximum atomic E-state index is 12.6. The molecule has 1 aliphatic heterocycles. The Morgan fingerprint density at radius 2 is 1.83 bits per heavy atom. The van der Waals surface area contributed by atoms with Crippen LogP contribution in [-0.2, 0) is 11.3 Å². The molecule has 1 amide bonds. The molecule has 5 heterocycles. The highest BCUT2D eigenvalue weighted by atomic mass is 16.6. The first-order valence-corrected chi connectivity index (χ1v) is 14.3. The molecule has 5 rings (SSSR count). The van der Waals surface area contributed by atoms with Gasteiger partial charge in [0.2, 0.25) is 0 Å². The molecule has 1 fully saturated rings. The summed E-state index contributed by atoms with van der Waals surface area (Å²) < 4.78 is 7.51. The molecule has 4 aromatic heterocycles. The molecular formula is C30H39N9O3. The number of aryl methyl sites for hydroxylation is 2. The fourth-order valence-corrected chi connectivity index (χ4v) is 4.97. The first-order valence-electron chi connectivity index (χ1n) is 14.3. The highest BCUT2D eigenvalue weighted by Gasteiger charge is 2.26. The highest BCUT2D eigenvalue weighted by molar-refractivity contribution is 5.85. The first-order chi connectivity index (χ1) is 19.9. The Morgan fingerprint density at radius 3 is 2.45 bits per heavy atom. The van der Waals surface area contributed by atoms with Gasteiger partial charge in [0.25, 0.3) is 5.56 Å². The van der Waals surface area contributed by atoms with E-state index in [1.54, 1.807) is 17.4 Å². The van der Waals surface area contributed by atoms with Gasteiger partial charge in [-0.25, -0.2) is 24.7 Å². The predicted octanol–water partition coefficient (Wildman–Crippen LogP) is 4.44. The number of fused-ring (bicyclic) bond motifs is 1. The summed E-state index contributed by atoms with van der Waals surface area (Å²) in [5.41, 5.74) is 3.85. The lowest BCUT2D eigenvalue weighted by atomic mass is 10.1. The second-order valence-corrected chi connectivity index (χ2v) is 12.0. The second-order valence-electron chi connectivity index (χ2n) is 12.0. The van der Waals surface area contributed by atoms with E-state index in [4.69, 9.17) is 19.7 Å². The molecule has 0 spiro atoms. The summed E-state index contributed by atoms with van der Waals surface area (Å²) in [6.45, 7) is 16.3. The van der Waals surface area contributed by atoms with Crippen molar-refractivity contribution in [1.29, 1.82) is 0 Å². The van der Waals surface area contributed by atoms with Crippen molar-refractivity contribution < 1.29 is 9.53 Å². The Bertz CT molecular complexity index is 1640. The largest absolute Gasteiger partial charge is 0.444 e. The number of pyridine rings is 2. The molecule has 2 N–H and O–H groups in total. The number of H-pyrrole nitrogens is 1. The molecular weight excluding hydrogens is 534 g/mol. The Hall–Kier alpha value is -4.48. The van der Waals surface area contributed by atoms with Gasteiger partial charge in [0, 0.05) is 61.8 Å². The van der Waals surface area contributed by atoms with E-state index in [-0.39, 0.29) is 17.7 Å². The van der Waals surface area contributed by atoms with Gasteiger partial charge >= 0.3 is 6.09 Å². The number of anilines is 2. The maximum absolute atomic E-state index is 12.6. The molecule has 12 nitrogen and oxygen atoms in total. The Labute approximate surface area is 245 Å². The zero-order valence-corrected chi connectivity index (χ0v) is 25.4. The van der Waals surface area contributed by atoms with Crippen LogP contribution in [0.1, 0.15) is 57.5 Å². The van der Waals surface area contributed by atoms with E-state index in [1.807, 2.05) is 57.4 Å². The van der Waals surface area contributed by atoms with E-state index < -0.39 is 5.60 Å².